The number of ketones is 1. The molecule has 0 fully saturated rings. The standard InChI is InChI=1S/C28H15N3O5/c29-14-21-22(11-7-16-5-9-18(10-6-16)31(33)34)30-27-19-3-1-2-4-20(19)28(32)26(27)25(21)17-8-12-23-24(13-17)36-15-35-23/h1-13H,15H2. The molecule has 0 radical (unpaired) electrons. The number of nitrogens with zero attached hydrogens (tertiary/aromatic N) is 3. The first kappa shape index (κ1) is 21.3. The average molecular weight is 473 g/mol. The predicted molar refractivity (Wildman–Crippen MR) is 131 cm³/mol. The number of hydrogen-bond donors (Lipinski definition) is 0. The quantitative estimate of drug-likeness (QED) is 0.245. The minimum Gasteiger partial charge on any atom is -0.454 e. The molecule has 0 bridgehead atoms. The van der Waals surface area contributed by atoms with Gasteiger partial charge in [-0.05, 0) is 41.5 Å². The summed E-state index contributed by atoms with van der Waals surface area (Å²) in [6.07, 6.45) is 3.41. The van der Waals surface area contributed by atoms with Crippen molar-refractivity contribution < 1.29 is 19.2 Å². The summed E-state index contributed by atoms with van der Waals surface area (Å²) in [5, 5.41) is 21.2. The number of fused-ring (bicyclic) bond motifs is 4. The first-order valence-electron chi connectivity index (χ1n) is 11.0. The van der Waals surface area contributed by atoms with Crippen LogP contribution in [0.2, 0.25) is 0 Å². The summed E-state index contributed by atoms with van der Waals surface area (Å²) in [5.41, 5.74) is 4.54. The third kappa shape index (κ3) is 3.30. The summed E-state index contributed by atoms with van der Waals surface area (Å²) in [4.78, 5) is 28.7. The summed E-state index contributed by atoms with van der Waals surface area (Å²) in [6, 6.07) is 20.8. The van der Waals surface area contributed by atoms with Crippen LogP contribution >= 0.6 is 0 Å². The molecule has 0 saturated carbocycles. The van der Waals surface area contributed by atoms with Crippen LogP contribution in [0.15, 0.2) is 66.7 Å². The number of hydrogen-bond acceptors (Lipinski definition) is 7. The molecule has 1 aliphatic heterocycles. The van der Waals surface area contributed by atoms with E-state index in [4.69, 9.17) is 14.5 Å². The highest BCUT2D eigenvalue weighted by atomic mass is 16.7. The largest absolute Gasteiger partial charge is 0.454 e. The minimum atomic E-state index is -0.463. The molecular weight excluding hydrogens is 458 g/mol. The molecule has 8 heteroatoms. The van der Waals surface area contributed by atoms with Gasteiger partial charge in [0.2, 0.25) is 6.79 Å². The summed E-state index contributed by atoms with van der Waals surface area (Å²) in [5.74, 6) is 0.937. The molecule has 0 saturated heterocycles. The Morgan fingerprint density at radius 2 is 1.69 bits per heavy atom. The molecule has 0 spiro atoms. The topological polar surface area (TPSA) is 115 Å². The summed E-state index contributed by atoms with van der Waals surface area (Å²) in [6.45, 7) is 0.103. The van der Waals surface area contributed by atoms with Gasteiger partial charge in [-0.1, -0.05) is 36.4 Å². The van der Waals surface area contributed by atoms with Crippen molar-refractivity contribution in [2.24, 2.45) is 0 Å². The monoisotopic (exact) mass is 473 g/mol. The zero-order chi connectivity index (χ0) is 24.8. The van der Waals surface area contributed by atoms with E-state index in [9.17, 15) is 20.2 Å². The van der Waals surface area contributed by atoms with Crippen molar-refractivity contribution in [3.63, 3.8) is 0 Å². The van der Waals surface area contributed by atoms with Crippen molar-refractivity contribution in [3.05, 3.63) is 105 Å². The van der Waals surface area contributed by atoms with E-state index >= 15 is 0 Å². The van der Waals surface area contributed by atoms with Crippen LogP contribution in [0.4, 0.5) is 5.69 Å². The van der Waals surface area contributed by atoms with Gasteiger partial charge in [-0.2, -0.15) is 5.26 Å². The van der Waals surface area contributed by atoms with Gasteiger partial charge in [0.05, 0.1) is 27.4 Å². The lowest BCUT2D eigenvalue weighted by atomic mass is 9.91. The third-order valence-electron chi connectivity index (χ3n) is 6.19. The fraction of sp³-hybridized carbons (Fsp3) is 0.0357. The highest BCUT2D eigenvalue weighted by Gasteiger charge is 2.34. The molecule has 0 unspecified atom stereocenters. The Bertz CT molecular complexity index is 1670. The van der Waals surface area contributed by atoms with Gasteiger partial charge in [-0.15, -0.1) is 0 Å². The number of ether oxygens (including phenoxy) is 2. The Morgan fingerprint density at radius 1 is 0.944 bits per heavy atom. The number of rotatable bonds is 4. The maximum absolute atomic E-state index is 13.5. The van der Waals surface area contributed by atoms with Gasteiger partial charge in [-0.25, -0.2) is 4.98 Å². The minimum absolute atomic E-state index is 0.0132. The van der Waals surface area contributed by atoms with Crippen molar-refractivity contribution in [2.45, 2.75) is 0 Å². The molecule has 3 aromatic carbocycles. The second-order valence-corrected chi connectivity index (χ2v) is 8.21. The Morgan fingerprint density at radius 3 is 2.44 bits per heavy atom. The highest BCUT2D eigenvalue weighted by molar-refractivity contribution is 6.24. The number of pyridine rings is 1. The third-order valence-corrected chi connectivity index (χ3v) is 6.19. The Balaban J connectivity index is 1.56. The van der Waals surface area contributed by atoms with E-state index in [2.05, 4.69) is 6.07 Å². The molecule has 2 aliphatic rings. The molecule has 172 valence electrons. The SMILES string of the molecule is N#Cc1c(C=Cc2ccc([N+](=O)[O-])cc2)nc2c(c1-c1ccc3c(c1)OCO3)C(=O)c1ccccc1-2. The van der Waals surface area contributed by atoms with E-state index in [0.717, 1.165) is 0 Å². The van der Waals surface area contributed by atoms with E-state index in [1.54, 1.807) is 54.6 Å². The van der Waals surface area contributed by atoms with E-state index in [0.29, 0.717) is 56.3 Å². The lowest BCUT2D eigenvalue weighted by Crippen LogP contribution is -2.04. The van der Waals surface area contributed by atoms with E-state index in [-0.39, 0.29) is 23.8 Å². The number of nitro groups is 1. The second-order valence-electron chi connectivity index (χ2n) is 8.21. The second kappa shape index (κ2) is 8.18. The molecule has 36 heavy (non-hydrogen) atoms. The van der Waals surface area contributed by atoms with Gasteiger partial charge in [0.15, 0.2) is 17.3 Å². The molecule has 8 nitrogen and oxygen atoms in total. The van der Waals surface area contributed by atoms with Crippen molar-refractivity contribution in [3.8, 4) is 40.0 Å². The summed E-state index contributed by atoms with van der Waals surface area (Å²) >= 11 is 0. The van der Waals surface area contributed by atoms with Crippen LogP contribution in [0, 0.1) is 21.4 Å². The number of non-ortho nitro benzene ring substituents is 1. The molecule has 0 N–H and O–H groups in total. The van der Waals surface area contributed by atoms with Crippen molar-refractivity contribution in [1.82, 2.24) is 4.98 Å². The Kier molecular flexibility index (Phi) is 4.83. The van der Waals surface area contributed by atoms with Crippen molar-refractivity contribution in [2.75, 3.05) is 6.79 Å². The number of carbonyl (C=O) groups is 1. The van der Waals surface area contributed by atoms with Gasteiger partial charge in [-0.3, -0.25) is 14.9 Å². The fourth-order valence-corrected chi connectivity index (χ4v) is 4.50. The van der Waals surface area contributed by atoms with Gasteiger partial charge in [0, 0.05) is 28.8 Å². The number of nitriles is 1. The number of carbonyl (C=O) groups excluding carboxylic acids is 1. The first-order valence-corrected chi connectivity index (χ1v) is 11.0. The van der Waals surface area contributed by atoms with Crippen LogP contribution in [-0.2, 0) is 0 Å². The van der Waals surface area contributed by atoms with Gasteiger partial charge < -0.3 is 9.47 Å². The number of aromatic nitrogens is 1. The first-order chi connectivity index (χ1) is 17.5. The maximum Gasteiger partial charge on any atom is 0.269 e. The predicted octanol–water partition coefficient (Wildman–Crippen LogP) is 5.64. The van der Waals surface area contributed by atoms with E-state index < -0.39 is 4.92 Å². The lowest BCUT2D eigenvalue weighted by molar-refractivity contribution is -0.384. The zero-order valence-corrected chi connectivity index (χ0v) is 18.6. The van der Waals surface area contributed by atoms with Crippen LogP contribution < -0.4 is 9.47 Å². The van der Waals surface area contributed by atoms with Gasteiger partial charge in [0.1, 0.15) is 6.07 Å². The van der Waals surface area contributed by atoms with Crippen molar-refractivity contribution >= 4 is 23.6 Å². The van der Waals surface area contributed by atoms with Gasteiger partial charge in [0.25, 0.3) is 5.69 Å². The lowest BCUT2D eigenvalue weighted by Gasteiger charge is -2.13. The van der Waals surface area contributed by atoms with Crippen LogP contribution in [0.3, 0.4) is 0 Å². The molecular formula is C28H15N3O5. The van der Waals surface area contributed by atoms with Crippen LogP contribution in [0.5, 0.6) is 11.5 Å². The van der Waals surface area contributed by atoms with Crippen LogP contribution in [0.25, 0.3) is 34.5 Å². The molecule has 2 heterocycles. The molecule has 6 rings (SSSR count). The smallest absolute Gasteiger partial charge is 0.269 e. The highest BCUT2D eigenvalue weighted by Crippen LogP contribution is 2.45. The average Bonchev–Trinajstić information content (AvgIpc) is 3.49. The van der Waals surface area contributed by atoms with Crippen molar-refractivity contribution in [1.29, 1.82) is 5.26 Å². The molecule has 1 aliphatic carbocycles. The number of nitro benzene ring substituents is 1. The van der Waals surface area contributed by atoms with E-state index in [1.807, 2.05) is 12.1 Å². The molecule has 0 amide bonds. The molecule has 1 aromatic heterocycles. The van der Waals surface area contributed by atoms with Gasteiger partial charge >= 0.3 is 0 Å². The summed E-state index contributed by atoms with van der Waals surface area (Å²) in [7, 11) is 0. The Hall–Kier alpha value is -5.29. The van der Waals surface area contributed by atoms with E-state index in [1.165, 1.54) is 12.1 Å². The summed E-state index contributed by atoms with van der Waals surface area (Å²) < 4.78 is 11.0. The van der Waals surface area contributed by atoms with Crippen LogP contribution in [0.1, 0.15) is 32.7 Å². The zero-order valence-electron chi connectivity index (χ0n) is 18.6. The fourth-order valence-electron chi connectivity index (χ4n) is 4.50. The van der Waals surface area contributed by atoms with Crippen LogP contribution in [-0.4, -0.2) is 22.5 Å². The maximum atomic E-state index is 13.5. The molecule has 4 aromatic rings. The Labute approximate surface area is 204 Å². The normalized spacial score (nSPS) is 12.9. The number of benzene rings is 3. The molecule has 0 atom stereocenters.